The molecule has 2 rings (SSSR count). The lowest BCUT2D eigenvalue weighted by atomic mass is 10.0. The van der Waals surface area contributed by atoms with E-state index in [0.717, 1.165) is 10.9 Å². The Hall–Kier alpha value is -1.69. The molecule has 4 N–H and O–H groups in total. The lowest BCUT2D eigenvalue weighted by Crippen LogP contribution is -2.34. The van der Waals surface area contributed by atoms with Crippen LogP contribution >= 0.6 is 11.6 Å². The highest BCUT2D eigenvalue weighted by molar-refractivity contribution is 6.30. The smallest absolute Gasteiger partial charge is 0.249 e. The fraction of sp³-hybridized carbons (Fsp3) is 0.231. The molecule has 0 aliphatic carbocycles. The summed E-state index contributed by atoms with van der Waals surface area (Å²) < 4.78 is 0. The molecule has 0 spiro atoms. The van der Waals surface area contributed by atoms with Gasteiger partial charge in [-0.05, 0) is 18.6 Å². The number of pyridine rings is 1. The maximum absolute atomic E-state index is 10.9. The number of hydrogen-bond donors (Lipinski definition) is 3. The number of aryl methyl sites for hydroxylation is 1. The molecule has 1 amide bonds. The first kappa shape index (κ1) is 13.7. The molecule has 5 nitrogen and oxygen atoms in total. The second-order valence-corrected chi connectivity index (χ2v) is 4.67. The second kappa shape index (κ2) is 5.13. The van der Waals surface area contributed by atoms with E-state index >= 15 is 0 Å². The number of aliphatic hydroxyl groups is 2. The highest BCUT2D eigenvalue weighted by atomic mass is 35.5. The average molecular weight is 281 g/mol. The number of carbonyl (C=O) groups is 1. The van der Waals surface area contributed by atoms with Crippen LogP contribution in [0.4, 0.5) is 0 Å². The molecule has 0 saturated heterocycles. The molecule has 2 atom stereocenters. The first-order chi connectivity index (χ1) is 8.91. The Balaban J connectivity index is 2.56. The second-order valence-electron chi connectivity index (χ2n) is 4.31. The number of halogens is 1. The van der Waals surface area contributed by atoms with Crippen molar-refractivity contribution in [1.29, 1.82) is 0 Å². The highest BCUT2D eigenvalue weighted by Crippen LogP contribution is 2.28. The van der Waals surface area contributed by atoms with Crippen LogP contribution in [-0.4, -0.2) is 27.2 Å². The minimum absolute atomic E-state index is 0.0367. The van der Waals surface area contributed by atoms with Gasteiger partial charge < -0.3 is 15.9 Å². The number of rotatable bonds is 3. The van der Waals surface area contributed by atoms with Crippen LogP contribution in [0.15, 0.2) is 24.3 Å². The molecule has 0 aliphatic heterocycles. The number of carbonyl (C=O) groups excluding carboxylic acids is 1. The number of benzene rings is 1. The van der Waals surface area contributed by atoms with E-state index in [1.54, 1.807) is 12.1 Å². The Morgan fingerprint density at radius 1 is 1.42 bits per heavy atom. The van der Waals surface area contributed by atoms with Gasteiger partial charge in [-0.15, -0.1) is 0 Å². The van der Waals surface area contributed by atoms with Gasteiger partial charge in [-0.1, -0.05) is 29.8 Å². The number of primary amides is 1. The third-order valence-electron chi connectivity index (χ3n) is 2.94. The Morgan fingerprint density at radius 2 is 2.11 bits per heavy atom. The summed E-state index contributed by atoms with van der Waals surface area (Å²) in [7, 11) is 0. The fourth-order valence-electron chi connectivity index (χ4n) is 1.87. The molecule has 0 radical (unpaired) electrons. The van der Waals surface area contributed by atoms with Crippen LogP contribution in [0.5, 0.6) is 0 Å². The summed E-state index contributed by atoms with van der Waals surface area (Å²) in [6, 6.07) is 7.13. The van der Waals surface area contributed by atoms with Gasteiger partial charge in [0.05, 0.1) is 5.52 Å². The van der Waals surface area contributed by atoms with Gasteiger partial charge in [0.2, 0.25) is 5.91 Å². The molecule has 1 heterocycles. The molecule has 0 fully saturated rings. The number of nitrogens with two attached hydrogens (primary N) is 1. The van der Waals surface area contributed by atoms with Crippen molar-refractivity contribution < 1.29 is 15.0 Å². The van der Waals surface area contributed by atoms with Crippen molar-refractivity contribution in [3.05, 3.63) is 40.5 Å². The van der Waals surface area contributed by atoms with Crippen molar-refractivity contribution in [2.75, 3.05) is 0 Å². The van der Waals surface area contributed by atoms with Gasteiger partial charge in [-0.2, -0.15) is 0 Å². The molecule has 0 saturated carbocycles. The first-order valence-electron chi connectivity index (χ1n) is 5.63. The monoisotopic (exact) mass is 280 g/mol. The van der Waals surface area contributed by atoms with Crippen LogP contribution in [0.2, 0.25) is 5.15 Å². The number of fused-ring (bicyclic) bond motifs is 1. The van der Waals surface area contributed by atoms with E-state index in [4.69, 9.17) is 17.3 Å². The number of hydrogen-bond acceptors (Lipinski definition) is 4. The largest absolute Gasteiger partial charge is 0.385 e. The summed E-state index contributed by atoms with van der Waals surface area (Å²) in [5.41, 5.74) is 6.77. The molecule has 19 heavy (non-hydrogen) atoms. The van der Waals surface area contributed by atoms with Crippen LogP contribution in [0.3, 0.4) is 0 Å². The zero-order valence-electron chi connectivity index (χ0n) is 10.2. The predicted molar refractivity (Wildman–Crippen MR) is 71.7 cm³/mol. The summed E-state index contributed by atoms with van der Waals surface area (Å²) >= 11 is 5.98. The Bertz CT molecular complexity index is 645. The van der Waals surface area contributed by atoms with E-state index in [-0.39, 0.29) is 10.7 Å². The SMILES string of the molecule is Cc1cccc2cc(C(O)C(O)C(N)=O)c(Cl)nc12. The summed E-state index contributed by atoms with van der Waals surface area (Å²) in [6.07, 6.45) is -3.22. The highest BCUT2D eigenvalue weighted by Gasteiger charge is 2.26. The van der Waals surface area contributed by atoms with Gasteiger partial charge in [0.25, 0.3) is 0 Å². The number of nitrogens with zero attached hydrogens (tertiary/aromatic N) is 1. The molecule has 100 valence electrons. The van der Waals surface area contributed by atoms with Crippen LogP contribution in [0, 0.1) is 6.92 Å². The number of para-hydroxylation sites is 1. The van der Waals surface area contributed by atoms with E-state index < -0.39 is 18.1 Å². The summed E-state index contributed by atoms with van der Waals surface area (Å²) in [5, 5.41) is 20.2. The van der Waals surface area contributed by atoms with Gasteiger partial charge >= 0.3 is 0 Å². The quantitative estimate of drug-likeness (QED) is 0.733. The fourth-order valence-corrected chi connectivity index (χ4v) is 2.12. The predicted octanol–water partition coefficient (Wildman–Crippen LogP) is 1.08. The van der Waals surface area contributed by atoms with Crippen molar-refractivity contribution in [2.24, 2.45) is 5.73 Å². The van der Waals surface area contributed by atoms with Crippen molar-refractivity contribution in [3.63, 3.8) is 0 Å². The third kappa shape index (κ3) is 2.53. The van der Waals surface area contributed by atoms with Crippen molar-refractivity contribution in [1.82, 2.24) is 4.98 Å². The van der Waals surface area contributed by atoms with E-state index in [1.807, 2.05) is 19.1 Å². The van der Waals surface area contributed by atoms with E-state index in [2.05, 4.69) is 4.98 Å². The van der Waals surface area contributed by atoms with Gasteiger partial charge in [-0.25, -0.2) is 4.98 Å². The topological polar surface area (TPSA) is 96.4 Å². The molecule has 0 aliphatic rings. The standard InChI is InChI=1S/C13H13ClN2O3/c1-6-3-2-4-7-5-8(12(14)16-9(6)7)10(17)11(18)13(15)19/h2-5,10-11,17-18H,1H3,(H2,15,19). The van der Waals surface area contributed by atoms with Crippen LogP contribution in [-0.2, 0) is 4.79 Å². The van der Waals surface area contributed by atoms with Crippen LogP contribution in [0.1, 0.15) is 17.2 Å². The maximum Gasteiger partial charge on any atom is 0.249 e. The number of amides is 1. The summed E-state index contributed by atoms with van der Waals surface area (Å²) in [6.45, 7) is 1.89. The van der Waals surface area contributed by atoms with Gasteiger partial charge in [0.15, 0.2) is 6.10 Å². The molecular weight excluding hydrogens is 268 g/mol. The zero-order chi connectivity index (χ0) is 14.2. The van der Waals surface area contributed by atoms with Crippen LogP contribution < -0.4 is 5.73 Å². The molecule has 2 unspecified atom stereocenters. The Kier molecular flexibility index (Phi) is 3.71. The van der Waals surface area contributed by atoms with Crippen molar-refractivity contribution in [3.8, 4) is 0 Å². The zero-order valence-corrected chi connectivity index (χ0v) is 10.9. The molecule has 2 aromatic rings. The lowest BCUT2D eigenvalue weighted by molar-refractivity contribution is -0.131. The van der Waals surface area contributed by atoms with Gasteiger partial charge in [-0.3, -0.25) is 4.79 Å². The Morgan fingerprint density at radius 3 is 2.74 bits per heavy atom. The van der Waals surface area contributed by atoms with Gasteiger partial charge in [0.1, 0.15) is 11.3 Å². The molecule has 6 heteroatoms. The lowest BCUT2D eigenvalue weighted by Gasteiger charge is -2.17. The minimum atomic E-state index is -1.72. The molecule has 1 aromatic carbocycles. The maximum atomic E-state index is 10.9. The Labute approximate surface area is 114 Å². The molecular formula is C13H13ClN2O3. The number of aliphatic hydroxyl groups excluding tert-OH is 2. The average Bonchev–Trinajstić information content (AvgIpc) is 2.37. The van der Waals surface area contributed by atoms with Crippen molar-refractivity contribution >= 4 is 28.4 Å². The third-order valence-corrected chi connectivity index (χ3v) is 3.24. The normalized spacial score (nSPS) is 14.3. The molecule has 1 aromatic heterocycles. The minimum Gasteiger partial charge on any atom is -0.385 e. The first-order valence-corrected chi connectivity index (χ1v) is 6.01. The van der Waals surface area contributed by atoms with E-state index in [1.165, 1.54) is 0 Å². The van der Waals surface area contributed by atoms with E-state index in [0.29, 0.717) is 5.52 Å². The van der Waals surface area contributed by atoms with E-state index in [9.17, 15) is 15.0 Å². The number of aromatic nitrogens is 1. The van der Waals surface area contributed by atoms with Gasteiger partial charge in [0, 0.05) is 10.9 Å². The summed E-state index contributed by atoms with van der Waals surface area (Å²) in [5.74, 6) is -1.02. The van der Waals surface area contributed by atoms with Crippen LogP contribution in [0.25, 0.3) is 10.9 Å². The van der Waals surface area contributed by atoms with Crippen molar-refractivity contribution in [2.45, 2.75) is 19.1 Å². The summed E-state index contributed by atoms with van der Waals surface area (Å²) in [4.78, 5) is 15.1. The molecule has 0 bridgehead atoms.